The quantitative estimate of drug-likeness (QED) is 0.520. The Balaban J connectivity index is 1.77. The maximum absolute atomic E-state index is 13.1. The van der Waals surface area contributed by atoms with Crippen LogP contribution in [0.1, 0.15) is 59.7 Å². The Bertz CT molecular complexity index is 1180. The highest BCUT2D eigenvalue weighted by molar-refractivity contribution is 8.00. The van der Waals surface area contributed by atoms with Crippen molar-refractivity contribution in [3.63, 3.8) is 0 Å². The normalized spacial score (nSPS) is 14.6. The number of nitrogens with one attached hydrogen (secondary N) is 1. The van der Waals surface area contributed by atoms with Crippen molar-refractivity contribution < 1.29 is 14.3 Å². The Morgan fingerprint density at radius 2 is 2.00 bits per heavy atom. The first kappa shape index (κ1) is 23.3. The van der Waals surface area contributed by atoms with E-state index < -0.39 is 5.91 Å². The van der Waals surface area contributed by atoms with Gasteiger partial charge in [-0.3, -0.25) is 19.6 Å². The number of anilines is 1. The van der Waals surface area contributed by atoms with Gasteiger partial charge in [0.2, 0.25) is 11.9 Å². The van der Waals surface area contributed by atoms with Crippen LogP contribution in [0.3, 0.4) is 0 Å². The van der Waals surface area contributed by atoms with E-state index in [1.807, 2.05) is 24.5 Å². The van der Waals surface area contributed by atoms with E-state index in [1.54, 1.807) is 28.6 Å². The number of aryl methyl sites for hydroxylation is 3. The first-order valence-electron chi connectivity index (χ1n) is 11.4. The van der Waals surface area contributed by atoms with Gasteiger partial charge >= 0.3 is 0 Å². The van der Waals surface area contributed by atoms with E-state index in [2.05, 4.69) is 17.3 Å². The molecule has 176 valence electrons. The van der Waals surface area contributed by atoms with E-state index in [-0.39, 0.29) is 5.91 Å². The molecule has 10 heteroatoms. The molecule has 0 spiro atoms. The Labute approximate surface area is 197 Å². The predicted octanol–water partition coefficient (Wildman–Crippen LogP) is 3.59. The summed E-state index contributed by atoms with van der Waals surface area (Å²) in [6.07, 6.45) is 2.75. The Morgan fingerprint density at radius 3 is 2.67 bits per heavy atom. The summed E-state index contributed by atoms with van der Waals surface area (Å²) in [5, 5.41) is 7.73. The number of nitrogens with two attached hydrogens (primary N) is 1. The van der Waals surface area contributed by atoms with Crippen LogP contribution in [0.2, 0.25) is 0 Å². The minimum Gasteiger partial charge on any atom is -0.381 e. The first-order chi connectivity index (χ1) is 15.9. The molecule has 1 aliphatic rings. The summed E-state index contributed by atoms with van der Waals surface area (Å²) in [5.41, 5.74) is 8.85. The number of fused-ring (bicyclic) bond motifs is 1. The van der Waals surface area contributed by atoms with Crippen LogP contribution in [0, 0.1) is 6.92 Å². The molecule has 1 saturated heterocycles. The average Bonchev–Trinajstić information content (AvgIpc) is 3.34. The van der Waals surface area contributed by atoms with Gasteiger partial charge in [-0.1, -0.05) is 6.92 Å². The highest BCUT2D eigenvalue weighted by Crippen LogP contribution is 2.37. The van der Waals surface area contributed by atoms with Crippen LogP contribution in [-0.4, -0.2) is 49.6 Å². The van der Waals surface area contributed by atoms with E-state index in [1.165, 1.54) is 0 Å². The van der Waals surface area contributed by atoms with Crippen molar-refractivity contribution in [2.45, 2.75) is 63.3 Å². The smallest absolute Gasteiger partial charge is 0.276 e. The van der Waals surface area contributed by atoms with Gasteiger partial charge in [-0.2, -0.15) is 5.10 Å². The van der Waals surface area contributed by atoms with Gasteiger partial charge < -0.3 is 15.0 Å². The van der Waals surface area contributed by atoms with Crippen LogP contribution in [-0.2, 0) is 17.8 Å². The third kappa shape index (κ3) is 4.91. The van der Waals surface area contributed by atoms with Crippen LogP contribution < -0.4 is 11.1 Å². The van der Waals surface area contributed by atoms with Crippen LogP contribution in [0.25, 0.3) is 11.0 Å². The molecule has 1 aromatic carbocycles. The van der Waals surface area contributed by atoms with Crippen molar-refractivity contribution in [2.75, 3.05) is 18.5 Å². The summed E-state index contributed by atoms with van der Waals surface area (Å²) in [7, 11) is 0. The molecule has 0 unspecified atom stereocenters. The van der Waals surface area contributed by atoms with Crippen LogP contribution in [0.15, 0.2) is 23.1 Å². The maximum Gasteiger partial charge on any atom is 0.276 e. The molecule has 33 heavy (non-hydrogen) atoms. The molecule has 4 rings (SSSR count). The Morgan fingerprint density at radius 1 is 1.24 bits per heavy atom. The second-order valence-electron chi connectivity index (χ2n) is 8.16. The fraction of sp³-hybridized carbons (Fsp3) is 0.478. The summed E-state index contributed by atoms with van der Waals surface area (Å²) >= 11 is 1.73. The van der Waals surface area contributed by atoms with Gasteiger partial charge in [0.25, 0.3) is 5.91 Å². The molecule has 3 N–H and O–H groups in total. The van der Waals surface area contributed by atoms with Crippen molar-refractivity contribution >= 4 is 40.6 Å². The second-order valence-corrected chi connectivity index (χ2v) is 9.51. The number of carbonyl (C=O) groups is 2. The lowest BCUT2D eigenvalue weighted by atomic mass is 10.2. The lowest BCUT2D eigenvalue weighted by Crippen LogP contribution is -2.20. The van der Waals surface area contributed by atoms with Gasteiger partial charge in [0.1, 0.15) is 5.69 Å². The number of thioether (sulfide) groups is 1. The number of rotatable bonds is 8. The number of nitrogens with zero attached hydrogens (tertiary/aromatic N) is 4. The summed E-state index contributed by atoms with van der Waals surface area (Å²) in [5.74, 6) is -0.309. The number of primary amides is 1. The van der Waals surface area contributed by atoms with E-state index in [4.69, 9.17) is 15.5 Å². The average molecular weight is 471 g/mol. The topological polar surface area (TPSA) is 117 Å². The highest BCUT2D eigenvalue weighted by Gasteiger charge is 2.23. The summed E-state index contributed by atoms with van der Waals surface area (Å²) < 4.78 is 9.20. The largest absolute Gasteiger partial charge is 0.381 e. The van der Waals surface area contributed by atoms with E-state index in [9.17, 15) is 9.59 Å². The molecule has 0 saturated carbocycles. The standard InChI is InChI=1S/C23H30N6O3S/c1-4-8-28-20-17(25-23(28)26-22(31)18-11-14(3)27-29(18)5-2)12-15(21(24)30)13-19(20)33-16-6-9-32-10-7-16/h11-13,16H,4-10H2,1-3H3,(H2,24,30)(H,25,26,31). The number of ether oxygens (including phenoxy) is 1. The fourth-order valence-electron chi connectivity index (χ4n) is 4.11. The Hall–Kier alpha value is -2.85. The molecule has 2 aromatic heterocycles. The van der Waals surface area contributed by atoms with Gasteiger partial charge in [0, 0.05) is 42.0 Å². The van der Waals surface area contributed by atoms with Gasteiger partial charge in [0.15, 0.2) is 0 Å². The van der Waals surface area contributed by atoms with Crippen molar-refractivity contribution in [1.82, 2.24) is 19.3 Å². The zero-order valence-electron chi connectivity index (χ0n) is 19.3. The fourth-order valence-corrected chi connectivity index (χ4v) is 5.42. The number of imidazole rings is 1. The molecule has 0 atom stereocenters. The minimum atomic E-state index is -0.497. The van der Waals surface area contributed by atoms with Gasteiger partial charge in [0.05, 0.1) is 16.7 Å². The van der Waals surface area contributed by atoms with Crippen molar-refractivity contribution in [1.29, 1.82) is 0 Å². The molecule has 0 radical (unpaired) electrons. The van der Waals surface area contributed by atoms with Gasteiger partial charge in [-0.15, -0.1) is 11.8 Å². The van der Waals surface area contributed by atoms with E-state index in [0.29, 0.717) is 41.1 Å². The number of benzene rings is 1. The molecule has 0 aliphatic carbocycles. The summed E-state index contributed by atoms with van der Waals surface area (Å²) in [6, 6.07) is 5.32. The summed E-state index contributed by atoms with van der Waals surface area (Å²) in [4.78, 5) is 30.8. The lowest BCUT2D eigenvalue weighted by Gasteiger charge is -2.22. The van der Waals surface area contributed by atoms with Gasteiger partial charge in [-0.05, 0) is 51.3 Å². The van der Waals surface area contributed by atoms with Gasteiger partial charge in [-0.25, -0.2) is 4.98 Å². The minimum absolute atomic E-state index is 0.265. The molecule has 9 nitrogen and oxygen atoms in total. The number of amides is 2. The molecule has 1 fully saturated rings. The zero-order valence-corrected chi connectivity index (χ0v) is 20.1. The molecule has 3 heterocycles. The third-order valence-corrected chi connectivity index (χ3v) is 7.03. The van der Waals surface area contributed by atoms with Crippen molar-refractivity contribution in [3.05, 3.63) is 35.2 Å². The second kappa shape index (κ2) is 9.96. The Kier molecular flexibility index (Phi) is 7.04. The van der Waals surface area contributed by atoms with Crippen molar-refractivity contribution in [3.8, 4) is 0 Å². The van der Waals surface area contributed by atoms with Crippen LogP contribution >= 0.6 is 11.8 Å². The van der Waals surface area contributed by atoms with E-state index >= 15 is 0 Å². The monoisotopic (exact) mass is 470 g/mol. The summed E-state index contributed by atoms with van der Waals surface area (Å²) in [6.45, 7) is 8.62. The third-order valence-electron chi connectivity index (χ3n) is 5.66. The number of carbonyl (C=O) groups excluding carboxylic acids is 2. The molecule has 1 aliphatic heterocycles. The molecule has 0 bridgehead atoms. The van der Waals surface area contributed by atoms with Crippen LogP contribution in [0.4, 0.5) is 5.95 Å². The van der Waals surface area contributed by atoms with Crippen molar-refractivity contribution in [2.24, 2.45) is 5.73 Å². The maximum atomic E-state index is 13.1. The zero-order chi connectivity index (χ0) is 23.5. The molecule has 3 aromatic rings. The number of hydrogen-bond donors (Lipinski definition) is 2. The SMILES string of the molecule is CCCn1c(NC(=O)c2cc(C)nn2CC)nc2cc(C(N)=O)cc(SC3CCOCC3)c21. The van der Waals surface area contributed by atoms with E-state index in [0.717, 1.165) is 48.6 Å². The molecular formula is C23H30N6O3S. The molecule has 2 amide bonds. The van der Waals surface area contributed by atoms with Crippen LogP contribution in [0.5, 0.6) is 0 Å². The highest BCUT2D eigenvalue weighted by atomic mass is 32.2. The molecular weight excluding hydrogens is 440 g/mol. The lowest BCUT2D eigenvalue weighted by molar-refractivity contribution is 0.0994. The number of aromatic nitrogens is 4. The number of hydrogen-bond acceptors (Lipinski definition) is 6. The first-order valence-corrected chi connectivity index (χ1v) is 12.2. The predicted molar refractivity (Wildman–Crippen MR) is 129 cm³/mol.